The molecule has 0 amide bonds. The van der Waals surface area contributed by atoms with Crippen molar-refractivity contribution in [3.63, 3.8) is 0 Å². The van der Waals surface area contributed by atoms with Crippen molar-refractivity contribution in [1.29, 1.82) is 0 Å². The van der Waals surface area contributed by atoms with Crippen molar-refractivity contribution in [1.82, 2.24) is 0 Å². The first-order valence-corrected chi connectivity index (χ1v) is 28.7. The van der Waals surface area contributed by atoms with E-state index >= 15 is 0 Å². The van der Waals surface area contributed by atoms with Gasteiger partial charge in [-0.05, 0) is 212 Å². The molecule has 384 valence electrons. The van der Waals surface area contributed by atoms with Crippen LogP contribution in [0.2, 0.25) is 0 Å². The van der Waals surface area contributed by atoms with Crippen LogP contribution in [0.3, 0.4) is 0 Å². The molecule has 4 aliphatic carbocycles. The molecule has 1 fully saturated rings. The zero-order valence-electron chi connectivity index (χ0n) is 47.6. The smallest absolute Gasteiger partial charge is 0.297 e. The van der Waals surface area contributed by atoms with Crippen molar-refractivity contribution in [2.45, 2.75) is 173 Å². The second kappa shape index (κ2) is 15.6. The summed E-state index contributed by atoms with van der Waals surface area (Å²) in [4.78, 5) is 7.79. The van der Waals surface area contributed by atoms with Gasteiger partial charge in [-0.15, -0.1) is 0 Å². The number of hydrogen-bond acceptors (Lipinski definition) is 4. The average molecular weight is 998 g/mol. The SMILES string of the molecule is CC(C)(C)c1ccc2c(c1)B1c3oc4cc5c(cc4c3N(c3ccc4c(c3)C(C)(C)CCC4(C)C)c3cc(N(c4ccccc4)c4ccccc4)cc(c31)N2c1ccc2c(c1)C(C)(C)CCC2(C)C)C1(C)CCC5(C)C1. The van der Waals surface area contributed by atoms with E-state index in [1.54, 1.807) is 0 Å². The molecule has 8 aromatic rings. The minimum atomic E-state index is -0.174. The van der Waals surface area contributed by atoms with Crippen LogP contribution in [0.4, 0.5) is 51.2 Å². The Balaban J connectivity index is 1.14. The highest BCUT2D eigenvalue weighted by atomic mass is 16.3. The standard InChI is InChI=1S/C71H76BN3O/c1-65(2,3)44-24-29-58-57(36-44)72-62-59(74(58)47-25-27-51-53(37-47)68(8,9)32-30-66(51,4)5)39-49(73(45-20-16-14-17-21-45)46-22-18-15-19-23-46)40-60(62)75(48-26-28-52-54(38-48)69(10,11)33-31-67(52,6)7)63-50-41-55-56(42-61(50)76-64(63)72)71(13)35-34-70(55,12)43-71/h14-29,36-42H,30-35,43H2,1-13H3. The lowest BCUT2D eigenvalue weighted by molar-refractivity contribution is 0.332. The van der Waals surface area contributed by atoms with E-state index in [-0.39, 0.29) is 44.6 Å². The van der Waals surface area contributed by atoms with E-state index in [0.717, 1.165) is 41.1 Å². The molecule has 5 heteroatoms. The number of furan rings is 1. The van der Waals surface area contributed by atoms with E-state index < -0.39 is 0 Å². The summed E-state index contributed by atoms with van der Waals surface area (Å²) >= 11 is 0. The molecule has 0 spiro atoms. The van der Waals surface area contributed by atoms with Crippen LogP contribution >= 0.6 is 0 Å². The maximum atomic E-state index is 7.78. The van der Waals surface area contributed by atoms with Crippen molar-refractivity contribution in [2.75, 3.05) is 14.7 Å². The van der Waals surface area contributed by atoms with Gasteiger partial charge in [0.05, 0.1) is 17.0 Å². The summed E-state index contributed by atoms with van der Waals surface area (Å²) in [5, 5.41) is 1.22. The molecule has 1 aromatic heterocycles. The Morgan fingerprint density at radius 1 is 0.461 bits per heavy atom. The van der Waals surface area contributed by atoms with Crippen LogP contribution in [-0.2, 0) is 37.9 Å². The number of anilines is 9. The van der Waals surface area contributed by atoms with E-state index in [2.05, 4.69) is 244 Å². The number of hydrogen-bond donors (Lipinski definition) is 0. The highest BCUT2D eigenvalue weighted by Crippen LogP contribution is 2.62. The molecule has 4 nitrogen and oxygen atoms in total. The molecular formula is C71H76BN3O. The van der Waals surface area contributed by atoms with Gasteiger partial charge < -0.3 is 19.1 Å². The van der Waals surface area contributed by atoms with E-state index in [4.69, 9.17) is 4.42 Å². The highest BCUT2D eigenvalue weighted by Gasteiger charge is 2.55. The van der Waals surface area contributed by atoms with E-state index in [9.17, 15) is 0 Å². The minimum absolute atomic E-state index is 0.0111. The lowest BCUT2D eigenvalue weighted by atomic mass is 9.35. The van der Waals surface area contributed by atoms with Crippen molar-refractivity contribution in [3.05, 3.63) is 178 Å². The number of para-hydroxylation sites is 2. The first kappa shape index (κ1) is 48.0. The van der Waals surface area contributed by atoms with Crippen molar-refractivity contribution >= 4 is 85.5 Å². The number of fused-ring (bicyclic) bond motifs is 13. The third kappa shape index (κ3) is 6.81. The van der Waals surface area contributed by atoms with Crippen LogP contribution in [0.15, 0.2) is 144 Å². The molecule has 2 atom stereocenters. The number of nitrogens with zero attached hydrogens (tertiary/aromatic N) is 3. The summed E-state index contributed by atoms with van der Waals surface area (Å²) in [6.07, 6.45) is 8.30. The first-order valence-electron chi connectivity index (χ1n) is 28.7. The van der Waals surface area contributed by atoms with Gasteiger partial charge in [0.25, 0.3) is 6.71 Å². The summed E-state index contributed by atoms with van der Waals surface area (Å²) in [6.45, 7) is 31.6. The second-order valence-corrected chi connectivity index (χ2v) is 28.5. The van der Waals surface area contributed by atoms with Crippen molar-refractivity contribution in [2.24, 2.45) is 0 Å². The Kier molecular flexibility index (Phi) is 9.85. The third-order valence-corrected chi connectivity index (χ3v) is 20.4. The monoisotopic (exact) mass is 998 g/mol. The molecule has 76 heavy (non-hydrogen) atoms. The Hall–Kier alpha value is -6.46. The molecule has 0 radical (unpaired) electrons. The lowest BCUT2D eigenvalue weighted by Crippen LogP contribution is -2.61. The van der Waals surface area contributed by atoms with Gasteiger partial charge in [0.15, 0.2) is 0 Å². The average Bonchev–Trinajstić information content (AvgIpc) is 4.10. The largest absolute Gasteiger partial charge is 0.468 e. The summed E-state index contributed by atoms with van der Waals surface area (Å²) < 4.78 is 7.78. The van der Waals surface area contributed by atoms with Gasteiger partial charge in [-0.3, -0.25) is 0 Å². The summed E-state index contributed by atoms with van der Waals surface area (Å²) in [7, 11) is 0. The van der Waals surface area contributed by atoms with E-state index in [1.165, 1.54) is 121 Å². The third-order valence-electron chi connectivity index (χ3n) is 20.4. The summed E-state index contributed by atoms with van der Waals surface area (Å²) in [5.74, 6) is 0. The quantitative estimate of drug-likeness (QED) is 0.160. The maximum Gasteiger partial charge on any atom is 0.297 e. The second-order valence-electron chi connectivity index (χ2n) is 28.5. The highest BCUT2D eigenvalue weighted by molar-refractivity contribution is 7.00. The Morgan fingerprint density at radius 3 is 1.50 bits per heavy atom. The molecule has 7 aromatic carbocycles. The zero-order valence-corrected chi connectivity index (χ0v) is 47.6. The van der Waals surface area contributed by atoms with Crippen LogP contribution in [0.5, 0.6) is 0 Å². The van der Waals surface area contributed by atoms with Gasteiger partial charge in [-0.1, -0.05) is 151 Å². The van der Waals surface area contributed by atoms with E-state index in [1.807, 2.05) is 0 Å². The molecule has 3 heterocycles. The first-order chi connectivity index (χ1) is 36.0. The normalized spacial score (nSPS) is 22.6. The van der Waals surface area contributed by atoms with E-state index in [0.29, 0.717) is 0 Å². The van der Waals surface area contributed by atoms with Crippen LogP contribution < -0.4 is 31.3 Å². The molecule has 2 aliphatic heterocycles. The fraction of sp³-hybridized carbons (Fsp3) is 0.380. The van der Waals surface area contributed by atoms with Gasteiger partial charge in [0.2, 0.25) is 0 Å². The fourth-order valence-electron chi connectivity index (χ4n) is 15.7. The molecule has 0 N–H and O–H groups in total. The van der Waals surface area contributed by atoms with Crippen LogP contribution in [-0.4, -0.2) is 6.71 Å². The van der Waals surface area contributed by atoms with Gasteiger partial charge >= 0.3 is 0 Å². The van der Waals surface area contributed by atoms with Gasteiger partial charge in [0.1, 0.15) is 5.58 Å². The molecule has 2 unspecified atom stereocenters. The molecular weight excluding hydrogens is 922 g/mol. The predicted octanol–water partition coefficient (Wildman–Crippen LogP) is 17.7. The predicted molar refractivity (Wildman–Crippen MR) is 323 cm³/mol. The number of benzene rings is 7. The molecule has 14 rings (SSSR count). The van der Waals surface area contributed by atoms with Crippen molar-refractivity contribution in [3.8, 4) is 0 Å². The maximum absolute atomic E-state index is 7.78. The van der Waals surface area contributed by atoms with Gasteiger partial charge in [-0.2, -0.15) is 0 Å². The molecule has 0 saturated heterocycles. The zero-order chi connectivity index (χ0) is 52.9. The summed E-state index contributed by atoms with van der Waals surface area (Å²) in [6, 6.07) is 54.6. The molecule has 1 saturated carbocycles. The molecule has 6 aliphatic rings. The molecule has 2 bridgehead atoms. The van der Waals surface area contributed by atoms with Crippen LogP contribution in [0.1, 0.15) is 174 Å². The van der Waals surface area contributed by atoms with Gasteiger partial charge in [-0.25, -0.2) is 0 Å². The summed E-state index contributed by atoms with van der Waals surface area (Å²) in [5.41, 5.74) is 25.8. The fourth-order valence-corrected chi connectivity index (χ4v) is 15.7. The Labute approximate surface area is 453 Å². The van der Waals surface area contributed by atoms with Crippen LogP contribution in [0.25, 0.3) is 11.0 Å². The topological polar surface area (TPSA) is 22.9 Å². The Morgan fingerprint density at radius 2 is 0.961 bits per heavy atom. The lowest BCUT2D eigenvalue weighted by Gasteiger charge is -2.46. The van der Waals surface area contributed by atoms with Crippen molar-refractivity contribution < 1.29 is 4.42 Å². The van der Waals surface area contributed by atoms with Crippen LogP contribution in [0, 0.1) is 0 Å². The Bertz CT molecular complexity index is 3700. The minimum Gasteiger partial charge on any atom is -0.468 e. The number of rotatable bonds is 5. The van der Waals surface area contributed by atoms with Gasteiger partial charge in [0, 0.05) is 45.2 Å².